The van der Waals surface area contributed by atoms with Gasteiger partial charge >= 0.3 is 0 Å². The maximum atomic E-state index is 13.9. The van der Waals surface area contributed by atoms with Crippen LogP contribution in [-0.4, -0.2) is 12.1 Å². The first-order chi connectivity index (χ1) is 8.52. The Kier molecular flexibility index (Phi) is 3.59. The molecule has 0 aliphatic rings. The molecule has 0 saturated heterocycles. The second kappa shape index (κ2) is 5.00. The van der Waals surface area contributed by atoms with Gasteiger partial charge in [0.1, 0.15) is 17.4 Å². The summed E-state index contributed by atoms with van der Waals surface area (Å²) in [4.78, 5) is 3.99. The first-order valence-corrected chi connectivity index (χ1v) is 5.74. The molecule has 0 spiro atoms. The first kappa shape index (κ1) is 12.9. The normalized spacial score (nSPS) is 10.4. The van der Waals surface area contributed by atoms with Crippen molar-refractivity contribution in [3.63, 3.8) is 0 Å². The van der Waals surface area contributed by atoms with E-state index in [0.717, 1.165) is 0 Å². The zero-order valence-electron chi connectivity index (χ0n) is 9.38. The van der Waals surface area contributed by atoms with E-state index in [0.29, 0.717) is 5.75 Å². The lowest BCUT2D eigenvalue weighted by molar-refractivity contribution is 0.411. The van der Waals surface area contributed by atoms with Crippen molar-refractivity contribution >= 4 is 29.0 Å². The highest BCUT2D eigenvalue weighted by Gasteiger charge is 2.14. The number of ether oxygens (including phenoxy) is 1. The molecule has 2 aromatic rings. The third-order valence-corrected chi connectivity index (χ3v) is 2.98. The minimum absolute atomic E-state index is 0.103. The van der Waals surface area contributed by atoms with Crippen molar-refractivity contribution in [2.24, 2.45) is 0 Å². The third-order valence-electron chi connectivity index (χ3n) is 2.39. The minimum atomic E-state index is -0.495. The van der Waals surface area contributed by atoms with Gasteiger partial charge in [-0.1, -0.05) is 23.2 Å². The molecule has 1 aromatic heterocycles. The monoisotopic (exact) mass is 286 g/mol. The lowest BCUT2D eigenvalue weighted by Crippen LogP contribution is -1.96. The summed E-state index contributed by atoms with van der Waals surface area (Å²) in [6.07, 6.45) is 0. The summed E-state index contributed by atoms with van der Waals surface area (Å²) in [5.74, 6) is 0.0195. The molecule has 0 unspecified atom stereocenters. The predicted octanol–water partition coefficient (Wildman–Crippen LogP) is 3.79. The molecule has 0 atom stereocenters. The fraction of sp³-hybridized carbons (Fsp3) is 0.0833. The Bertz CT molecular complexity index is 605. The van der Waals surface area contributed by atoms with Crippen LogP contribution in [0.2, 0.25) is 10.0 Å². The van der Waals surface area contributed by atoms with Gasteiger partial charge in [0, 0.05) is 11.6 Å². The topological polar surface area (TPSA) is 48.1 Å². The molecule has 0 aliphatic heterocycles. The number of methoxy groups -OCH3 is 1. The molecule has 2 N–H and O–H groups in total. The van der Waals surface area contributed by atoms with Gasteiger partial charge in [0.2, 0.25) is 0 Å². The van der Waals surface area contributed by atoms with Crippen molar-refractivity contribution < 1.29 is 9.13 Å². The number of pyridine rings is 1. The van der Waals surface area contributed by atoms with Gasteiger partial charge < -0.3 is 10.5 Å². The van der Waals surface area contributed by atoms with Crippen LogP contribution in [0.3, 0.4) is 0 Å². The van der Waals surface area contributed by atoms with E-state index in [1.807, 2.05) is 0 Å². The summed E-state index contributed by atoms with van der Waals surface area (Å²) in [7, 11) is 1.46. The molecule has 2 rings (SSSR count). The maximum Gasteiger partial charge on any atom is 0.143 e. The second-order valence-corrected chi connectivity index (χ2v) is 4.35. The number of anilines is 1. The fourth-order valence-corrected chi connectivity index (χ4v) is 1.94. The van der Waals surface area contributed by atoms with Gasteiger partial charge in [-0.25, -0.2) is 9.37 Å². The van der Waals surface area contributed by atoms with Crippen molar-refractivity contribution in [2.75, 3.05) is 12.8 Å². The number of nitrogens with two attached hydrogens (primary N) is 1. The number of nitrogens with zero attached hydrogens (tertiary/aromatic N) is 1. The Morgan fingerprint density at radius 1 is 1.22 bits per heavy atom. The lowest BCUT2D eigenvalue weighted by Gasteiger charge is -2.08. The zero-order chi connectivity index (χ0) is 13.3. The number of rotatable bonds is 2. The van der Waals surface area contributed by atoms with Crippen molar-refractivity contribution in [3.05, 3.63) is 40.1 Å². The summed E-state index contributed by atoms with van der Waals surface area (Å²) < 4.78 is 18.8. The van der Waals surface area contributed by atoms with Gasteiger partial charge in [0.15, 0.2) is 0 Å². The quantitative estimate of drug-likeness (QED) is 0.914. The number of hydrogen-bond donors (Lipinski definition) is 1. The van der Waals surface area contributed by atoms with Gasteiger partial charge in [-0.05, 0) is 18.2 Å². The smallest absolute Gasteiger partial charge is 0.143 e. The zero-order valence-corrected chi connectivity index (χ0v) is 10.9. The van der Waals surface area contributed by atoms with Crippen molar-refractivity contribution in [2.45, 2.75) is 0 Å². The van der Waals surface area contributed by atoms with Gasteiger partial charge in [0.25, 0.3) is 0 Å². The fourth-order valence-electron chi connectivity index (χ4n) is 1.48. The molecule has 18 heavy (non-hydrogen) atoms. The highest BCUT2D eigenvalue weighted by Crippen LogP contribution is 2.33. The summed E-state index contributed by atoms with van der Waals surface area (Å²) in [6.45, 7) is 0. The van der Waals surface area contributed by atoms with Gasteiger partial charge in [-0.15, -0.1) is 0 Å². The van der Waals surface area contributed by atoms with E-state index in [4.69, 9.17) is 33.7 Å². The Morgan fingerprint density at radius 2 is 1.94 bits per heavy atom. The standard InChI is InChI=1S/C12H9Cl2FN2O/c1-18-6-2-3-7(10(15)4-6)11-8(13)5-9(14)12(16)17-11/h2-5H,1H3,(H2,16,17). The van der Waals surface area contributed by atoms with Crippen LogP contribution in [0.4, 0.5) is 10.2 Å². The van der Waals surface area contributed by atoms with Crippen molar-refractivity contribution in [3.8, 4) is 17.0 Å². The predicted molar refractivity (Wildman–Crippen MR) is 70.6 cm³/mol. The molecule has 3 nitrogen and oxygen atoms in total. The molecule has 0 radical (unpaired) electrons. The van der Waals surface area contributed by atoms with Crippen LogP contribution in [-0.2, 0) is 0 Å². The minimum Gasteiger partial charge on any atom is -0.497 e. The van der Waals surface area contributed by atoms with E-state index in [2.05, 4.69) is 4.98 Å². The Hall–Kier alpha value is -1.52. The van der Waals surface area contributed by atoms with Crippen LogP contribution in [0.25, 0.3) is 11.3 Å². The molecule has 1 heterocycles. The van der Waals surface area contributed by atoms with Crippen LogP contribution in [0, 0.1) is 5.82 Å². The highest BCUT2D eigenvalue weighted by molar-refractivity contribution is 6.37. The molecule has 0 aliphatic carbocycles. The van der Waals surface area contributed by atoms with Crippen LogP contribution >= 0.6 is 23.2 Å². The van der Waals surface area contributed by atoms with Crippen LogP contribution in [0.5, 0.6) is 5.75 Å². The van der Waals surface area contributed by atoms with Gasteiger partial charge in [0.05, 0.1) is 22.8 Å². The largest absolute Gasteiger partial charge is 0.497 e. The van der Waals surface area contributed by atoms with Gasteiger partial charge in [-0.2, -0.15) is 0 Å². The van der Waals surface area contributed by atoms with E-state index in [1.165, 1.54) is 25.3 Å². The summed E-state index contributed by atoms with van der Waals surface area (Å²) in [5.41, 5.74) is 6.07. The molecule has 6 heteroatoms. The van der Waals surface area contributed by atoms with Crippen LogP contribution in [0.1, 0.15) is 0 Å². The molecular weight excluding hydrogens is 278 g/mol. The van der Waals surface area contributed by atoms with E-state index in [-0.39, 0.29) is 27.1 Å². The number of benzene rings is 1. The Labute approximate surface area is 113 Å². The van der Waals surface area contributed by atoms with Gasteiger partial charge in [-0.3, -0.25) is 0 Å². The summed E-state index contributed by atoms with van der Waals surface area (Å²) in [6, 6.07) is 5.82. The molecule has 1 aromatic carbocycles. The van der Waals surface area contributed by atoms with Crippen molar-refractivity contribution in [1.29, 1.82) is 0 Å². The Balaban J connectivity index is 2.58. The average molecular weight is 287 g/mol. The molecular formula is C12H9Cl2FN2O. The number of halogens is 3. The van der Waals surface area contributed by atoms with Crippen LogP contribution in [0.15, 0.2) is 24.3 Å². The first-order valence-electron chi connectivity index (χ1n) is 4.98. The lowest BCUT2D eigenvalue weighted by atomic mass is 10.1. The Morgan fingerprint density at radius 3 is 2.56 bits per heavy atom. The van der Waals surface area contributed by atoms with Crippen molar-refractivity contribution in [1.82, 2.24) is 4.98 Å². The van der Waals surface area contributed by atoms with Crippen LogP contribution < -0.4 is 10.5 Å². The van der Waals surface area contributed by atoms with E-state index >= 15 is 0 Å². The molecule has 94 valence electrons. The molecule has 0 saturated carbocycles. The summed E-state index contributed by atoms with van der Waals surface area (Å²) >= 11 is 11.8. The average Bonchev–Trinajstić information content (AvgIpc) is 2.34. The van der Waals surface area contributed by atoms with E-state index in [9.17, 15) is 4.39 Å². The molecule has 0 amide bonds. The number of hydrogen-bond acceptors (Lipinski definition) is 3. The highest BCUT2D eigenvalue weighted by atomic mass is 35.5. The number of aromatic nitrogens is 1. The number of nitrogen functional groups attached to an aromatic ring is 1. The summed E-state index contributed by atoms with van der Waals surface area (Å²) in [5, 5.41) is 0.468. The molecule has 0 fully saturated rings. The maximum absolute atomic E-state index is 13.9. The third kappa shape index (κ3) is 2.35. The second-order valence-electron chi connectivity index (χ2n) is 3.53. The van der Waals surface area contributed by atoms with E-state index in [1.54, 1.807) is 6.07 Å². The SMILES string of the molecule is COc1ccc(-c2nc(N)c(Cl)cc2Cl)c(F)c1. The van der Waals surface area contributed by atoms with E-state index < -0.39 is 5.82 Å². The molecule has 0 bridgehead atoms.